The second-order valence-corrected chi connectivity index (χ2v) is 6.70. The molecule has 0 saturated carbocycles. The lowest BCUT2D eigenvalue weighted by Crippen LogP contribution is -2.43. The summed E-state index contributed by atoms with van der Waals surface area (Å²) in [5.74, 6) is -0.313. The molecular weight excluding hydrogens is 308 g/mol. The molecule has 1 amide bonds. The molecule has 3 unspecified atom stereocenters. The first-order valence-corrected chi connectivity index (χ1v) is 8.71. The molecule has 0 saturated heterocycles. The molecular formula is C18H24N2O2S. The van der Waals surface area contributed by atoms with Crippen LogP contribution >= 0.6 is 11.3 Å². The summed E-state index contributed by atoms with van der Waals surface area (Å²) >= 11 is 1.54. The number of aliphatic hydroxyl groups excluding tert-OH is 1. The molecule has 1 heterocycles. The van der Waals surface area contributed by atoms with Gasteiger partial charge in [-0.2, -0.15) is 11.3 Å². The van der Waals surface area contributed by atoms with E-state index < -0.39 is 6.10 Å². The number of carbonyl (C=O) groups excluding carboxylic acids is 1. The number of hydrogen-bond acceptors (Lipinski definition) is 4. The Morgan fingerprint density at radius 3 is 2.52 bits per heavy atom. The Morgan fingerprint density at radius 1 is 1.26 bits per heavy atom. The monoisotopic (exact) mass is 332 g/mol. The van der Waals surface area contributed by atoms with Crippen LogP contribution in [0.4, 0.5) is 0 Å². The molecule has 0 radical (unpaired) electrons. The van der Waals surface area contributed by atoms with Gasteiger partial charge < -0.3 is 15.7 Å². The van der Waals surface area contributed by atoms with E-state index in [2.05, 4.69) is 0 Å². The van der Waals surface area contributed by atoms with E-state index in [-0.39, 0.29) is 24.4 Å². The van der Waals surface area contributed by atoms with Crippen molar-refractivity contribution in [1.29, 1.82) is 0 Å². The number of carbonyl (C=O) groups is 1. The molecule has 3 atom stereocenters. The number of rotatable bonds is 7. The molecule has 4 nitrogen and oxygen atoms in total. The van der Waals surface area contributed by atoms with Crippen LogP contribution in [0, 0.1) is 5.92 Å². The van der Waals surface area contributed by atoms with Crippen molar-refractivity contribution >= 4 is 17.2 Å². The highest BCUT2D eigenvalue weighted by Gasteiger charge is 2.25. The number of aliphatic hydroxyl groups is 1. The van der Waals surface area contributed by atoms with Gasteiger partial charge in [-0.25, -0.2) is 0 Å². The molecule has 1 aromatic heterocycles. The number of nitrogens with zero attached hydrogens (tertiary/aromatic N) is 1. The maximum atomic E-state index is 12.7. The van der Waals surface area contributed by atoms with Gasteiger partial charge in [-0.3, -0.25) is 4.79 Å². The van der Waals surface area contributed by atoms with E-state index in [4.69, 9.17) is 5.73 Å². The fourth-order valence-corrected chi connectivity index (χ4v) is 3.03. The van der Waals surface area contributed by atoms with Crippen LogP contribution in [0.15, 0.2) is 47.2 Å². The smallest absolute Gasteiger partial charge is 0.227 e. The predicted octanol–water partition coefficient (Wildman–Crippen LogP) is 2.79. The molecule has 2 rings (SSSR count). The number of nitrogens with two attached hydrogens (primary N) is 1. The number of benzene rings is 1. The molecule has 0 aliphatic carbocycles. The molecule has 5 heteroatoms. The zero-order chi connectivity index (χ0) is 16.8. The van der Waals surface area contributed by atoms with Crippen LogP contribution in [-0.4, -0.2) is 28.5 Å². The highest BCUT2D eigenvalue weighted by Crippen LogP contribution is 2.20. The Hall–Kier alpha value is -1.69. The van der Waals surface area contributed by atoms with Gasteiger partial charge in [0, 0.05) is 12.6 Å². The van der Waals surface area contributed by atoms with E-state index in [0.717, 1.165) is 11.1 Å². The molecule has 0 aliphatic rings. The van der Waals surface area contributed by atoms with E-state index in [0.29, 0.717) is 6.54 Å². The van der Waals surface area contributed by atoms with Crippen LogP contribution in [0.2, 0.25) is 0 Å². The van der Waals surface area contributed by atoms with Crippen molar-refractivity contribution < 1.29 is 9.90 Å². The van der Waals surface area contributed by atoms with Crippen molar-refractivity contribution in [2.75, 3.05) is 6.54 Å². The fraction of sp³-hybridized carbons (Fsp3) is 0.389. The van der Waals surface area contributed by atoms with Gasteiger partial charge in [-0.1, -0.05) is 37.3 Å². The van der Waals surface area contributed by atoms with Gasteiger partial charge in [-0.05, 0) is 34.9 Å². The SMILES string of the molecule is CC(N)C(C)C(=O)N(Cc1ccccc1)CC(O)c1ccsc1. The Labute approximate surface area is 141 Å². The Morgan fingerprint density at radius 2 is 1.96 bits per heavy atom. The first kappa shape index (κ1) is 17.7. The molecule has 0 spiro atoms. The summed E-state index contributed by atoms with van der Waals surface area (Å²) in [5, 5.41) is 14.2. The molecule has 124 valence electrons. The van der Waals surface area contributed by atoms with Gasteiger partial charge in [0.1, 0.15) is 0 Å². The molecule has 0 bridgehead atoms. The molecule has 1 aromatic carbocycles. The Kier molecular flexibility index (Phi) is 6.33. The van der Waals surface area contributed by atoms with E-state index >= 15 is 0 Å². The average molecular weight is 332 g/mol. The highest BCUT2D eigenvalue weighted by atomic mass is 32.1. The topological polar surface area (TPSA) is 66.6 Å². The van der Waals surface area contributed by atoms with Crippen molar-refractivity contribution in [3.63, 3.8) is 0 Å². The summed E-state index contributed by atoms with van der Waals surface area (Å²) in [6, 6.07) is 11.5. The summed E-state index contributed by atoms with van der Waals surface area (Å²) in [7, 11) is 0. The fourth-order valence-electron chi connectivity index (χ4n) is 2.33. The van der Waals surface area contributed by atoms with Crippen molar-refractivity contribution in [1.82, 2.24) is 4.90 Å². The van der Waals surface area contributed by atoms with Gasteiger partial charge >= 0.3 is 0 Å². The van der Waals surface area contributed by atoms with E-state index in [1.54, 1.807) is 4.90 Å². The van der Waals surface area contributed by atoms with Gasteiger partial charge in [0.15, 0.2) is 0 Å². The van der Waals surface area contributed by atoms with Crippen molar-refractivity contribution in [3.8, 4) is 0 Å². The first-order valence-electron chi connectivity index (χ1n) is 7.77. The minimum Gasteiger partial charge on any atom is -0.387 e. The van der Waals surface area contributed by atoms with E-state index in [1.807, 2.05) is 61.0 Å². The molecule has 3 N–H and O–H groups in total. The predicted molar refractivity (Wildman–Crippen MR) is 94.0 cm³/mol. The zero-order valence-corrected chi connectivity index (χ0v) is 14.4. The normalized spacial score (nSPS) is 15.0. The summed E-state index contributed by atoms with van der Waals surface area (Å²) in [5.41, 5.74) is 7.76. The number of thiophene rings is 1. The van der Waals surface area contributed by atoms with Gasteiger partial charge in [0.25, 0.3) is 0 Å². The third-order valence-electron chi connectivity index (χ3n) is 4.03. The van der Waals surface area contributed by atoms with Crippen LogP contribution < -0.4 is 5.73 Å². The highest BCUT2D eigenvalue weighted by molar-refractivity contribution is 7.07. The molecule has 0 fully saturated rings. The molecule has 0 aliphatic heterocycles. The third kappa shape index (κ3) is 4.89. The van der Waals surface area contributed by atoms with Crippen LogP contribution in [0.5, 0.6) is 0 Å². The third-order valence-corrected chi connectivity index (χ3v) is 4.73. The van der Waals surface area contributed by atoms with Crippen molar-refractivity contribution in [2.45, 2.75) is 32.5 Å². The zero-order valence-electron chi connectivity index (χ0n) is 13.6. The Balaban J connectivity index is 2.15. The number of amides is 1. The van der Waals surface area contributed by atoms with Crippen LogP contribution in [0.25, 0.3) is 0 Å². The summed E-state index contributed by atoms with van der Waals surface area (Å²) in [4.78, 5) is 14.4. The van der Waals surface area contributed by atoms with Gasteiger partial charge in [0.2, 0.25) is 5.91 Å². The maximum absolute atomic E-state index is 12.7. The lowest BCUT2D eigenvalue weighted by Gasteiger charge is -2.29. The summed E-state index contributed by atoms with van der Waals surface area (Å²) in [6.07, 6.45) is -0.686. The van der Waals surface area contributed by atoms with Gasteiger partial charge in [0.05, 0.1) is 18.6 Å². The van der Waals surface area contributed by atoms with Crippen molar-refractivity contribution in [3.05, 3.63) is 58.3 Å². The maximum Gasteiger partial charge on any atom is 0.227 e. The number of hydrogen-bond donors (Lipinski definition) is 2. The standard InChI is InChI=1S/C18H24N2O2S/c1-13(14(2)19)18(22)20(10-15-6-4-3-5-7-15)11-17(21)16-8-9-23-12-16/h3-9,12-14,17,21H,10-11,19H2,1-2H3. The average Bonchev–Trinajstić information content (AvgIpc) is 3.08. The Bertz CT molecular complexity index is 599. The van der Waals surface area contributed by atoms with Crippen LogP contribution in [0.1, 0.15) is 31.1 Å². The lowest BCUT2D eigenvalue weighted by molar-refractivity contribution is -0.137. The van der Waals surface area contributed by atoms with E-state index in [9.17, 15) is 9.90 Å². The second kappa shape index (κ2) is 8.24. The summed E-state index contributed by atoms with van der Waals surface area (Å²) < 4.78 is 0. The molecule has 2 aromatic rings. The second-order valence-electron chi connectivity index (χ2n) is 5.92. The minimum atomic E-state index is -0.686. The van der Waals surface area contributed by atoms with Crippen LogP contribution in [-0.2, 0) is 11.3 Å². The minimum absolute atomic E-state index is 0.0295. The summed E-state index contributed by atoms with van der Waals surface area (Å²) in [6.45, 7) is 4.40. The van der Waals surface area contributed by atoms with Crippen molar-refractivity contribution in [2.24, 2.45) is 11.7 Å². The largest absolute Gasteiger partial charge is 0.387 e. The first-order chi connectivity index (χ1) is 11.0. The quantitative estimate of drug-likeness (QED) is 0.819. The van der Waals surface area contributed by atoms with Gasteiger partial charge in [-0.15, -0.1) is 0 Å². The van der Waals surface area contributed by atoms with E-state index in [1.165, 1.54) is 11.3 Å². The van der Waals surface area contributed by atoms with Crippen LogP contribution in [0.3, 0.4) is 0 Å². The molecule has 23 heavy (non-hydrogen) atoms. The lowest BCUT2D eigenvalue weighted by atomic mass is 10.0.